The van der Waals surface area contributed by atoms with Crippen molar-refractivity contribution in [3.63, 3.8) is 0 Å². The Morgan fingerprint density at radius 1 is 1.09 bits per heavy atom. The van der Waals surface area contributed by atoms with Gasteiger partial charge in [0, 0.05) is 17.8 Å². The number of methoxy groups -OCH3 is 1. The molecule has 0 radical (unpaired) electrons. The monoisotopic (exact) mass is 466 g/mol. The Bertz CT molecular complexity index is 1100. The first-order chi connectivity index (χ1) is 16.2. The van der Waals surface area contributed by atoms with Crippen LogP contribution in [0, 0.1) is 13.8 Å². The van der Waals surface area contributed by atoms with Crippen LogP contribution in [0.25, 0.3) is 0 Å². The molecule has 1 aliphatic heterocycles. The molecule has 8 nitrogen and oxygen atoms in total. The van der Waals surface area contributed by atoms with E-state index in [0.717, 1.165) is 36.8 Å². The predicted molar refractivity (Wildman–Crippen MR) is 129 cm³/mol. The Morgan fingerprint density at radius 3 is 2.44 bits per heavy atom. The van der Waals surface area contributed by atoms with Crippen LogP contribution in [0.5, 0.6) is 0 Å². The summed E-state index contributed by atoms with van der Waals surface area (Å²) in [6, 6.07) is 7.40. The average molecular weight is 467 g/mol. The van der Waals surface area contributed by atoms with E-state index in [0.29, 0.717) is 5.69 Å². The van der Waals surface area contributed by atoms with E-state index >= 15 is 0 Å². The summed E-state index contributed by atoms with van der Waals surface area (Å²) in [5.74, 6) is -1.18. The van der Waals surface area contributed by atoms with Crippen LogP contribution in [0.15, 0.2) is 24.3 Å². The largest absolute Gasteiger partial charge is 0.464 e. The number of hydrogen-bond acceptors (Lipinski definition) is 5. The van der Waals surface area contributed by atoms with Crippen molar-refractivity contribution in [2.45, 2.75) is 83.8 Å². The molecule has 1 aromatic carbocycles. The van der Waals surface area contributed by atoms with Crippen molar-refractivity contribution in [2.24, 2.45) is 0 Å². The Kier molecular flexibility index (Phi) is 6.77. The van der Waals surface area contributed by atoms with Crippen LogP contribution >= 0.6 is 0 Å². The molecule has 1 aliphatic carbocycles. The molecule has 1 atom stereocenters. The first-order valence-electron chi connectivity index (χ1n) is 12.1. The Labute approximate surface area is 200 Å². The van der Waals surface area contributed by atoms with Gasteiger partial charge < -0.3 is 10.1 Å². The molecule has 182 valence electrons. The highest BCUT2D eigenvalue weighted by Gasteiger charge is 2.50. The molecule has 2 aromatic rings. The summed E-state index contributed by atoms with van der Waals surface area (Å²) in [6.45, 7) is 5.81. The van der Waals surface area contributed by atoms with Crippen LogP contribution in [-0.4, -0.2) is 46.3 Å². The zero-order valence-corrected chi connectivity index (χ0v) is 20.5. The minimum absolute atomic E-state index is 0.0523. The highest BCUT2D eigenvalue weighted by molar-refractivity contribution is 6.12. The molecule has 34 heavy (non-hydrogen) atoms. The SMILES string of the molecule is COC(=O)c1cc2n(n1)C[C@](C)(C(=O)NC1CCCCCCC1)N(c1cc(C)ccc1C)C2=O. The highest BCUT2D eigenvalue weighted by atomic mass is 16.5. The fourth-order valence-electron chi connectivity index (χ4n) is 5.07. The minimum Gasteiger partial charge on any atom is -0.464 e. The zero-order valence-electron chi connectivity index (χ0n) is 20.5. The lowest BCUT2D eigenvalue weighted by molar-refractivity contribution is -0.127. The molecule has 8 heteroatoms. The van der Waals surface area contributed by atoms with Gasteiger partial charge in [-0.05, 0) is 50.8 Å². The molecule has 1 N–H and O–H groups in total. The molecule has 0 bridgehead atoms. The van der Waals surface area contributed by atoms with Gasteiger partial charge in [0.25, 0.3) is 5.91 Å². The number of nitrogens with zero attached hydrogens (tertiary/aromatic N) is 3. The van der Waals surface area contributed by atoms with E-state index < -0.39 is 11.5 Å². The molecule has 2 amide bonds. The number of aryl methyl sites for hydroxylation is 2. The summed E-state index contributed by atoms with van der Waals surface area (Å²) in [6.07, 6.45) is 7.68. The molecule has 2 heterocycles. The van der Waals surface area contributed by atoms with E-state index in [1.165, 1.54) is 37.1 Å². The number of esters is 1. The van der Waals surface area contributed by atoms with Crippen molar-refractivity contribution in [1.82, 2.24) is 15.1 Å². The fraction of sp³-hybridized carbons (Fsp3) is 0.538. The second-order valence-corrected chi connectivity index (χ2v) is 9.78. The van der Waals surface area contributed by atoms with Crippen LogP contribution in [0.4, 0.5) is 5.69 Å². The molecule has 0 saturated heterocycles. The highest BCUT2D eigenvalue weighted by Crippen LogP contribution is 2.35. The maximum Gasteiger partial charge on any atom is 0.358 e. The van der Waals surface area contributed by atoms with Crippen molar-refractivity contribution >= 4 is 23.5 Å². The fourth-order valence-corrected chi connectivity index (χ4v) is 5.07. The number of benzene rings is 1. The summed E-state index contributed by atoms with van der Waals surface area (Å²) in [5.41, 5.74) is 1.67. The maximum atomic E-state index is 13.9. The number of fused-ring (bicyclic) bond motifs is 1. The van der Waals surface area contributed by atoms with Gasteiger partial charge in [0.15, 0.2) is 5.69 Å². The summed E-state index contributed by atoms with van der Waals surface area (Å²) in [5, 5.41) is 7.56. The lowest BCUT2D eigenvalue weighted by Crippen LogP contribution is -2.65. The van der Waals surface area contributed by atoms with E-state index in [1.807, 2.05) is 32.0 Å². The zero-order chi connectivity index (χ0) is 24.5. The number of hydrogen-bond donors (Lipinski definition) is 1. The van der Waals surface area contributed by atoms with E-state index in [-0.39, 0.29) is 35.8 Å². The van der Waals surface area contributed by atoms with E-state index in [9.17, 15) is 14.4 Å². The van der Waals surface area contributed by atoms with Gasteiger partial charge >= 0.3 is 5.97 Å². The molecular weight excluding hydrogens is 432 g/mol. The number of rotatable bonds is 4. The third-order valence-corrected chi connectivity index (χ3v) is 7.08. The third-order valence-electron chi connectivity index (χ3n) is 7.08. The average Bonchev–Trinajstić information content (AvgIpc) is 3.21. The summed E-state index contributed by atoms with van der Waals surface area (Å²) in [7, 11) is 1.28. The van der Waals surface area contributed by atoms with Gasteiger partial charge in [-0.2, -0.15) is 5.10 Å². The van der Waals surface area contributed by atoms with Gasteiger partial charge in [-0.3, -0.25) is 19.2 Å². The van der Waals surface area contributed by atoms with Crippen LogP contribution in [0.3, 0.4) is 0 Å². The molecular formula is C26H34N4O4. The van der Waals surface area contributed by atoms with Crippen molar-refractivity contribution in [2.75, 3.05) is 12.0 Å². The molecule has 0 unspecified atom stereocenters. The molecule has 4 rings (SSSR count). The number of aromatic nitrogens is 2. The maximum absolute atomic E-state index is 13.9. The van der Waals surface area contributed by atoms with Gasteiger partial charge in [-0.15, -0.1) is 0 Å². The van der Waals surface area contributed by atoms with Crippen LogP contribution in [0.1, 0.15) is 84.0 Å². The second kappa shape index (κ2) is 9.60. The quantitative estimate of drug-likeness (QED) is 0.689. The lowest BCUT2D eigenvalue weighted by Gasteiger charge is -2.44. The first-order valence-corrected chi connectivity index (χ1v) is 12.1. The first kappa shape index (κ1) is 24.0. The van der Waals surface area contributed by atoms with Crippen molar-refractivity contribution in [1.29, 1.82) is 0 Å². The Morgan fingerprint density at radius 2 is 1.76 bits per heavy atom. The van der Waals surface area contributed by atoms with Crippen LogP contribution in [0.2, 0.25) is 0 Å². The van der Waals surface area contributed by atoms with Crippen LogP contribution < -0.4 is 10.2 Å². The summed E-state index contributed by atoms with van der Waals surface area (Å²) < 4.78 is 6.26. The number of amides is 2. The molecule has 1 saturated carbocycles. The molecule has 1 fully saturated rings. The Balaban J connectivity index is 1.76. The van der Waals surface area contributed by atoms with Gasteiger partial charge in [-0.25, -0.2) is 4.79 Å². The van der Waals surface area contributed by atoms with Gasteiger partial charge in [0.1, 0.15) is 11.2 Å². The van der Waals surface area contributed by atoms with Gasteiger partial charge in [0.2, 0.25) is 5.91 Å². The van der Waals surface area contributed by atoms with Crippen LogP contribution in [-0.2, 0) is 16.1 Å². The molecule has 0 spiro atoms. The van der Waals surface area contributed by atoms with Crippen molar-refractivity contribution in [3.05, 3.63) is 46.8 Å². The smallest absolute Gasteiger partial charge is 0.358 e. The minimum atomic E-state index is -1.22. The van der Waals surface area contributed by atoms with Crippen molar-refractivity contribution < 1.29 is 19.1 Å². The Hall–Kier alpha value is -3.16. The van der Waals surface area contributed by atoms with Crippen molar-refractivity contribution in [3.8, 4) is 0 Å². The number of anilines is 1. The molecule has 1 aromatic heterocycles. The third kappa shape index (κ3) is 4.45. The lowest BCUT2D eigenvalue weighted by atomic mass is 9.91. The summed E-state index contributed by atoms with van der Waals surface area (Å²) in [4.78, 5) is 41.4. The topological polar surface area (TPSA) is 93.5 Å². The van der Waals surface area contributed by atoms with E-state index in [4.69, 9.17) is 4.74 Å². The molecule has 2 aliphatic rings. The number of carbonyl (C=O) groups excluding carboxylic acids is 3. The van der Waals surface area contributed by atoms with Gasteiger partial charge in [0.05, 0.1) is 13.7 Å². The van der Waals surface area contributed by atoms with Gasteiger partial charge in [-0.1, -0.05) is 44.2 Å². The van der Waals surface area contributed by atoms with E-state index in [2.05, 4.69) is 10.4 Å². The second-order valence-electron chi connectivity index (χ2n) is 9.78. The number of nitrogens with one attached hydrogen (secondary N) is 1. The summed E-state index contributed by atoms with van der Waals surface area (Å²) >= 11 is 0. The standard InChI is InChI=1S/C26H34N4O4/c1-17-12-13-18(2)21(14-17)30-23(31)22-15-20(24(32)34-4)28-29(22)16-26(30,3)25(33)27-19-10-8-6-5-7-9-11-19/h12-15,19H,5-11,16H2,1-4H3,(H,27,33)/t26-/m1/s1. The van der Waals surface area contributed by atoms with E-state index in [1.54, 1.807) is 11.8 Å². The predicted octanol–water partition coefficient (Wildman–Crippen LogP) is 3.93. The number of ether oxygens (including phenoxy) is 1. The normalized spacial score (nSPS) is 21.4. The number of carbonyl (C=O) groups is 3.